The maximum atomic E-state index is 6.00. The van der Waals surface area contributed by atoms with Crippen LogP contribution in [0, 0.1) is 0 Å². The standard InChI is InChI=1S/C18H19ClN2/c1-2-14-5-3-6-15-9-11-21(18(14)15)12-10-20-17-8-4-7-16(19)13-17/h3-9,11,13,20H,2,10,12H2,1H3. The third kappa shape index (κ3) is 3.06. The van der Waals surface area contributed by atoms with Gasteiger partial charge in [-0.15, -0.1) is 0 Å². The molecule has 0 aliphatic heterocycles. The second-order valence-corrected chi connectivity index (χ2v) is 5.59. The summed E-state index contributed by atoms with van der Waals surface area (Å²) in [4.78, 5) is 0. The number of nitrogens with zero attached hydrogens (tertiary/aromatic N) is 1. The molecule has 3 heteroatoms. The zero-order chi connectivity index (χ0) is 14.7. The molecule has 0 radical (unpaired) electrons. The smallest absolute Gasteiger partial charge is 0.0513 e. The van der Waals surface area contributed by atoms with Gasteiger partial charge in [-0.25, -0.2) is 0 Å². The molecule has 0 saturated heterocycles. The number of fused-ring (bicyclic) bond motifs is 1. The Hall–Kier alpha value is -1.93. The first kappa shape index (κ1) is 14.0. The third-order valence-electron chi connectivity index (χ3n) is 3.76. The van der Waals surface area contributed by atoms with E-state index in [0.717, 1.165) is 30.2 Å². The second kappa shape index (κ2) is 6.23. The van der Waals surface area contributed by atoms with Gasteiger partial charge in [0.1, 0.15) is 0 Å². The van der Waals surface area contributed by atoms with E-state index in [4.69, 9.17) is 11.6 Å². The molecule has 0 unspecified atom stereocenters. The number of hydrogen-bond acceptors (Lipinski definition) is 1. The van der Waals surface area contributed by atoms with E-state index in [1.54, 1.807) is 0 Å². The molecule has 2 aromatic carbocycles. The quantitative estimate of drug-likeness (QED) is 0.704. The molecule has 0 spiro atoms. The van der Waals surface area contributed by atoms with E-state index in [1.807, 2.05) is 24.3 Å². The van der Waals surface area contributed by atoms with E-state index in [1.165, 1.54) is 16.5 Å². The van der Waals surface area contributed by atoms with Crippen LogP contribution < -0.4 is 5.32 Å². The number of nitrogens with one attached hydrogen (secondary N) is 1. The Morgan fingerprint density at radius 1 is 1.10 bits per heavy atom. The van der Waals surface area contributed by atoms with Crippen LogP contribution in [-0.4, -0.2) is 11.1 Å². The van der Waals surface area contributed by atoms with Gasteiger partial charge in [0, 0.05) is 30.0 Å². The maximum absolute atomic E-state index is 6.00. The molecule has 1 N–H and O–H groups in total. The van der Waals surface area contributed by atoms with Gasteiger partial charge in [0.2, 0.25) is 0 Å². The van der Waals surface area contributed by atoms with Crippen LogP contribution in [0.2, 0.25) is 5.02 Å². The molecule has 3 aromatic rings. The van der Waals surface area contributed by atoms with Crippen LogP contribution in [0.25, 0.3) is 10.9 Å². The van der Waals surface area contributed by atoms with E-state index in [-0.39, 0.29) is 0 Å². The molecule has 108 valence electrons. The lowest BCUT2D eigenvalue weighted by molar-refractivity contribution is 0.754. The summed E-state index contributed by atoms with van der Waals surface area (Å²) >= 11 is 6.00. The van der Waals surface area contributed by atoms with Crippen LogP contribution in [0.1, 0.15) is 12.5 Å². The Balaban J connectivity index is 1.74. The van der Waals surface area contributed by atoms with Crippen LogP contribution in [0.3, 0.4) is 0 Å². The van der Waals surface area contributed by atoms with Gasteiger partial charge in [-0.05, 0) is 41.6 Å². The van der Waals surface area contributed by atoms with Crippen LogP contribution in [0.4, 0.5) is 5.69 Å². The molecule has 0 saturated carbocycles. The fourth-order valence-corrected chi connectivity index (χ4v) is 2.92. The molecule has 0 aliphatic rings. The van der Waals surface area contributed by atoms with Gasteiger partial charge in [-0.2, -0.15) is 0 Å². The molecule has 21 heavy (non-hydrogen) atoms. The van der Waals surface area contributed by atoms with Crippen molar-refractivity contribution in [1.29, 1.82) is 0 Å². The first-order valence-corrected chi connectivity index (χ1v) is 7.72. The highest BCUT2D eigenvalue weighted by Crippen LogP contribution is 2.21. The minimum absolute atomic E-state index is 0.764. The lowest BCUT2D eigenvalue weighted by Gasteiger charge is -2.11. The van der Waals surface area contributed by atoms with Crippen LogP contribution in [0.15, 0.2) is 54.7 Å². The summed E-state index contributed by atoms with van der Waals surface area (Å²) in [7, 11) is 0. The number of hydrogen-bond donors (Lipinski definition) is 1. The maximum Gasteiger partial charge on any atom is 0.0513 e. The molecule has 0 bridgehead atoms. The molecule has 2 nitrogen and oxygen atoms in total. The molecule has 0 amide bonds. The van der Waals surface area contributed by atoms with Gasteiger partial charge in [0.15, 0.2) is 0 Å². The largest absolute Gasteiger partial charge is 0.383 e. The normalized spacial score (nSPS) is 11.0. The van der Waals surface area contributed by atoms with Gasteiger partial charge in [-0.3, -0.25) is 0 Å². The van der Waals surface area contributed by atoms with Crippen LogP contribution >= 0.6 is 11.6 Å². The van der Waals surface area contributed by atoms with E-state index < -0.39 is 0 Å². The predicted octanol–water partition coefficient (Wildman–Crippen LogP) is 4.97. The average molecular weight is 299 g/mol. The van der Waals surface area contributed by atoms with Gasteiger partial charge in [0.05, 0.1) is 5.52 Å². The Labute approximate surface area is 130 Å². The second-order valence-electron chi connectivity index (χ2n) is 5.15. The zero-order valence-electron chi connectivity index (χ0n) is 12.1. The molecule has 1 heterocycles. The Kier molecular flexibility index (Phi) is 4.16. The fraction of sp³-hybridized carbons (Fsp3) is 0.222. The van der Waals surface area contributed by atoms with Gasteiger partial charge in [0.25, 0.3) is 0 Å². The Morgan fingerprint density at radius 2 is 1.95 bits per heavy atom. The van der Waals surface area contributed by atoms with Crippen molar-refractivity contribution in [2.45, 2.75) is 19.9 Å². The van der Waals surface area contributed by atoms with Gasteiger partial charge >= 0.3 is 0 Å². The summed E-state index contributed by atoms with van der Waals surface area (Å²) in [5, 5.41) is 5.50. The molecule has 3 rings (SSSR count). The van der Waals surface area contributed by atoms with E-state index in [0.29, 0.717) is 0 Å². The first-order valence-electron chi connectivity index (χ1n) is 7.34. The molecule has 0 fully saturated rings. The van der Waals surface area contributed by atoms with Crippen molar-refractivity contribution in [3.05, 3.63) is 65.3 Å². The highest BCUT2D eigenvalue weighted by molar-refractivity contribution is 6.30. The number of para-hydroxylation sites is 1. The highest BCUT2D eigenvalue weighted by Gasteiger charge is 2.05. The van der Waals surface area contributed by atoms with Crippen molar-refractivity contribution >= 4 is 28.2 Å². The molecule has 0 aliphatic carbocycles. The van der Waals surface area contributed by atoms with E-state index >= 15 is 0 Å². The Bertz CT molecular complexity index is 746. The fourth-order valence-electron chi connectivity index (χ4n) is 2.73. The van der Waals surface area contributed by atoms with Crippen LogP contribution in [0.5, 0.6) is 0 Å². The third-order valence-corrected chi connectivity index (χ3v) is 3.99. The minimum Gasteiger partial charge on any atom is -0.383 e. The topological polar surface area (TPSA) is 17.0 Å². The summed E-state index contributed by atoms with van der Waals surface area (Å²) < 4.78 is 2.33. The highest BCUT2D eigenvalue weighted by atomic mass is 35.5. The van der Waals surface area contributed by atoms with Crippen molar-refractivity contribution in [1.82, 2.24) is 4.57 Å². The van der Waals surface area contributed by atoms with Gasteiger partial charge < -0.3 is 9.88 Å². The monoisotopic (exact) mass is 298 g/mol. The van der Waals surface area contributed by atoms with Crippen molar-refractivity contribution in [3.63, 3.8) is 0 Å². The summed E-state index contributed by atoms with van der Waals surface area (Å²) in [6.07, 6.45) is 3.23. The van der Waals surface area contributed by atoms with Crippen molar-refractivity contribution < 1.29 is 0 Å². The molecule has 0 atom stereocenters. The summed E-state index contributed by atoms with van der Waals surface area (Å²) in [5.74, 6) is 0. The van der Waals surface area contributed by atoms with E-state index in [9.17, 15) is 0 Å². The summed E-state index contributed by atoms with van der Waals surface area (Å²) in [5.41, 5.74) is 3.82. The van der Waals surface area contributed by atoms with Crippen molar-refractivity contribution in [2.24, 2.45) is 0 Å². The first-order chi connectivity index (χ1) is 10.3. The lowest BCUT2D eigenvalue weighted by atomic mass is 10.1. The van der Waals surface area contributed by atoms with Gasteiger partial charge in [-0.1, -0.05) is 42.8 Å². The average Bonchev–Trinajstić information content (AvgIpc) is 2.91. The van der Waals surface area contributed by atoms with Crippen molar-refractivity contribution in [2.75, 3.05) is 11.9 Å². The zero-order valence-corrected chi connectivity index (χ0v) is 12.9. The molecular weight excluding hydrogens is 280 g/mol. The molecule has 1 aromatic heterocycles. The van der Waals surface area contributed by atoms with Crippen molar-refractivity contribution in [3.8, 4) is 0 Å². The predicted molar refractivity (Wildman–Crippen MR) is 91.3 cm³/mol. The number of anilines is 1. The SMILES string of the molecule is CCc1cccc2ccn(CCNc3cccc(Cl)c3)c12. The number of benzene rings is 2. The lowest BCUT2D eigenvalue weighted by Crippen LogP contribution is -2.10. The Morgan fingerprint density at radius 3 is 2.76 bits per heavy atom. The minimum atomic E-state index is 0.764. The number of rotatable bonds is 5. The van der Waals surface area contributed by atoms with E-state index in [2.05, 4.69) is 47.3 Å². The summed E-state index contributed by atoms with van der Waals surface area (Å²) in [6.45, 7) is 4.02. The number of aromatic nitrogens is 1. The molecular formula is C18H19ClN2. The summed E-state index contributed by atoms with van der Waals surface area (Å²) in [6, 6.07) is 16.6. The van der Waals surface area contributed by atoms with Crippen LogP contribution in [-0.2, 0) is 13.0 Å². The number of aryl methyl sites for hydroxylation is 1. The number of halogens is 1.